The lowest BCUT2D eigenvalue weighted by molar-refractivity contribution is 0.0537. The first-order chi connectivity index (χ1) is 13.7. The van der Waals surface area contributed by atoms with E-state index in [1.54, 1.807) is 11.3 Å². The fourth-order valence-electron chi connectivity index (χ4n) is 5.22. The number of hydrogen-bond acceptors (Lipinski definition) is 5. The predicted molar refractivity (Wildman–Crippen MR) is 120 cm³/mol. The highest BCUT2D eigenvalue weighted by molar-refractivity contribution is 7.13. The van der Waals surface area contributed by atoms with E-state index in [1.807, 2.05) is 10.3 Å². The van der Waals surface area contributed by atoms with E-state index >= 15 is 0 Å². The molecule has 1 spiro atoms. The molecule has 1 aromatic carbocycles. The molecule has 0 unspecified atom stereocenters. The SMILES string of the molecule is C.N[C@@H]1c2ccccc2CC12CCN(C(=O)c1csc(N3CCCCC3)n1)CC2. The number of carbonyl (C=O) groups excluding carboxylic acids is 1. The Labute approximate surface area is 177 Å². The summed E-state index contributed by atoms with van der Waals surface area (Å²) >= 11 is 1.61. The molecule has 1 amide bonds. The van der Waals surface area contributed by atoms with Crippen molar-refractivity contribution in [2.45, 2.75) is 52.0 Å². The number of nitrogens with two attached hydrogens (primary N) is 1. The number of thiazole rings is 1. The monoisotopic (exact) mass is 412 g/mol. The minimum atomic E-state index is 0. The molecule has 3 aliphatic rings. The number of carbonyl (C=O) groups is 1. The molecule has 1 atom stereocenters. The van der Waals surface area contributed by atoms with Gasteiger partial charge in [0.25, 0.3) is 5.91 Å². The van der Waals surface area contributed by atoms with Crippen LogP contribution in [0, 0.1) is 5.41 Å². The lowest BCUT2D eigenvalue weighted by atomic mass is 9.73. The van der Waals surface area contributed by atoms with Crippen LogP contribution in [0.3, 0.4) is 0 Å². The first-order valence-corrected chi connectivity index (χ1v) is 11.4. The molecule has 2 fully saturated rings. The molecule has 156 valence electrons. The summed E-state index contributed by atoms with van der Waals surface area (Å²) in [5.74, 6) is 0.0819. The summed E-state index contributed by atoms with van der Waals surface area (Å²) in [4.78, 5) is 22.0. The molecule has 2 aromatic rings. The summed E-state index contributed by atoms with van der Waals surface area (Å²) < 4.78 is 0. The first kappa shape index (κ1) is 20.4. The Hall–Kier alpha value is -1.92. The van der Waals surface area contributed by atoms with E-state index in [-0.39, 0.29) is 24.8 Å². The number of fused-ring (bicyclic) bond motifs is 1. The van der Waals surface area contributed by atoms with Gasteiger partial charge in [0, 0.05) is 37.6 Å². The minimum Gasteiger partial charge on any atom is -0.348 e. The number of hydrogen-bond donors (Lipinski definition) is 1. The average molecular weight is 413 g/mol. The van der Waals surface area contributed by atoms with Gasteiger partial charge in [-0.05, 0) is 55.1 Å². The molecule has 0 radical (unpaired) electrons. The van der Waals surface area contributed by atoms with Gasteiger partial charge in [-0.2, -0.15) is 0 Å². The van der Waals surface area contributed by atoms with Crippen LogP contribution in [0.25, 0.3) is 0 Å². The van der Waals surface area contributed by atoms with Crippen molar-refractivity contribution in [2.24, 2.45) is 11.1 Å². The van der Waals surface area contributed by atoms with E-state index in [2.05, 4.69) is 34.1 Å². The van der Waals surface area contributed by atoms with Gasteiger partial charge in [0.05, 0.1) is 0 Å². The maximum absolute atomic E-state index is 13.0. The standard InChI is InChI=1S/C22H28N4OS.CH4/c23-19-17-7-3-2-6-16(17)14-22(19)8-12-25(13-9-22)20(27)18-15-28-21(24-18)26-10-4-1-5-11-26;/h2-3,6-7,15,19H,1,4-5,8-14,23H2;1H4/t19-;/m1./s1. The molecule has 0 bridgehead atoms. The zero-order chi connectivity index (χ0) is 19.1. The highest BCUT2D eigenvalue weighted by atomic mass is 32.1. The van der Waals surface area contributed by atoms with E-state index in [0.29, 0.717) is 5.69 Å². The van der Waals surface area contributed by atoms with Crippen LogP contribution in [0.2, 0.25) is 0 Å². The Bertz CT molecular complexity index is 865. The topological polar surface area (TPSA) is 62.5 Å². The summed E-state index contributed by atoms with van der Waals surface area (Å²) in [6.45, 7) is 3.67. The van der Waals surface area contributed by atoms with Gasteiger partial charge < -0.3 is 15.5 Å². The van der Waals surface area contributed by atoms with Crippen LogP contribution in [-0.4, -0.2) is 42.0 Å². The number of amides is 1. The lowest BCUT2D eigenvalue weighted by Crippen LogP contribution is -2.46. The van der Waals surface area contributed by atoms with Crippen molar-refractivity contribution in [3.8, 4) is 0 Å². The van der Waals surface area contributed by atoms with Crippen molar-refractivity contribution in [1.29, 1.82) is 0 Å². The number of likely N-dealkylation sites (tertiary alicyclic amines) is 1. The number of aromatic nitrogens is 1. The second-order valence-corrected chi connectivity index (χ2v) is 9.41. The van der Waals surface area contributed by atoms with Crippen molar-refractivity contribution in [2.75, 3.05) is 31.1 Å². The van der Waals surface area contributed by atoms with Crippen molar-refractivity contribution in [1.82, 2.24) is 9.88 Å². The van der Waals surface area contributed by atoms with Crippen molar-refractivity contribution in [3.63, 3.8) is 0 Å². The Morgan fingerprint density at radius 3 is 2.55 bits per heavy atom. The molecule has 2 aliphatic heterocycles. The molecule has 2 N–H and O–H groups in total. The molecule has 6 heteroatoms. The fourth-order valence-corrected chi connectivity index (χ4v) is 6.07. The van der Waals surface area contributed by atoms with Crippen LogP contribution >= 0.6 is 11.3 Å². The van der Waals surface area contributed by atoms with Crippen LogP contribution in [0.4, 0.5) is 5.13 Å². The summed E-state index contributed by atoms with van der Waals surface area (Å²) in [6, 6.07) is 8.65. The molecule has 3 heterocycles. The van der Waals surface area contributed by atoms with Crippen molar-refractivity contribution < 1.29 is 4.79 Å². The molecule has 29 heavy (non-hydrogen) atoms. The second-order valence-electron chi connectivity index (χ2n) is 8.57. The molecule has 5 rings (SSSR count). The molecule has 1 aromatic heterocycles. The molecule has 5 nitrogen and oxygen atoms in total. The minimum absolute atomic E-state index is 0. The molecular formula is C23H32N4OS. The summed E-state index contributed by atoms with van der Waals surface area (Å²) in [7, 11) is 0. The van der Waals surface area contributed by atoms with Crippen LogP contribution in [0.1, 0.15) is 67.2 Å². The largest absolute Gasteiger partial charge is 0.348 e. The molecule has 0 saturated carbocycles. The summed E-state index contributed by atoms with van der Waals surface area (Å²) in [5, 5.41) is 2.94. The van der Waals surface area contributed by atoms with Gasteiger partial charge in [0.1, 0.15) is 5.69 Å². The third-order valence-corrected chi connectivity index (χ3v) is 7.88. The number of piperidine rings is 2. The highest BCUT2D eigenvalue weighted by Gasteiger charge is 2.46. The first-order valence-electron chi connectivity index (χ1n) is 10.5. The van der Waals surface area contributed by atoms with E-state index in [0.717, 1.165) is 50.6 Å². The quantitative estimate of drug-likeness (QED) is 0.801. The third kappa shape index (κ3) is 3.57. The molecule has 2 saturated heterocycles. The predicted octanol–water partition coefficient (Wildman–Crippen LogP) is 4.25. The van der Waals surface area contributed by atoms with E-state index in [4.69, 9.17) is 5.73 Å². The van der Waals surface area contributed by atoms with Gasteiger partial charge >= 0.3 is 0 Å². The zero-order valence-electron chi connectivity index (χ0n) is 16.3. The van der Waals surface area contributed by atoms with E-state index in [1.165, 1.54) is 30.4 Å². The van der Waals surface area contributed by atoms with E-state index in [9.17, 15) is 4.79 Å². The summed E-state index contributed by atoms with van der Waals surface area (Å²) in [5.41, 5.74) is 10.1. The Morgan fingerprint density at radius 2 is 1.83 bits per heavy atom. The molecular weight excluding hydrogens is 380 g/mol. The van der Waals surface area contributed by atoms with E-state index < -0.39 is 0 Å². The Morgan fingerprint density at radius 1 is 1.10 bits per heavy atom. The number of rotatable bonds is 2. The normalized spacial score (nSPS) is 23.0. The number of benzene rings is 1. The van der Waals surface area contributed by atoms with Gasteiger partial charge in [-0.25, -0.2) is 4.98 Å². The van der Waals surface area contributed by atoms with Crippen LogP contribution < -0.4 is 10.6 Å². The van der Waals surface area contributed by atoms with Gasteiger partial charge in [-0.3, -0.25) is 4.79 Å². The maximum Gasteiger partial charge on any atom is 0.273 e. The van der Waals surface area contributed by atoms with Crippen molar-refractivity contribution >= 4 is 22.4 Å². The van der Waals surface area contributed by atoms with Gasteiger partial charge in [0.15, 0.2) is 5.13 Å². The van der Waals surface area contributed by atoms with Crippen LogP contribution in [0.15, 0.2) is 29.6 Å². The average Bonchev–Trinajstić information content (AvgIpc) is 3.33. The fraction of sp³-hybridized carbons (Fsp3) is 0.565. The van der Waals surface area contributed by atoms with Gasteiger partial charge in [0.2, 0.25) is 0 Å². The number of nitrogens with zero attached hydrogens (tertiary/aromatic N) is 3. The second kappa shape index (κ2) is 8.07. The molecule has 1 aliphatic carbocycles. The maximum atomic E-state index is 13.0. The highest BCUT2D eigenvalue weighted by Crippen LogP contribution is 2.50. The van der Waals surface area contributed by atoms with Crippen LogP contribution in [0.5, 0.6) is 0 Å². The summed E-state index contributed by atoms with van der Waals surface area (Å²) in [6.07, 6.45) is 6.73. The number of anilines is 1. The van der Waals surface area contributed by atoms with Gasteiger partial charge in [-0.15, -0.1) is 11.3 Å². The van der Waals surface area contributed by atoms with Crippen molar-refractivity contribution in [3.05, 3.63) is 46.5 Å². The Balaban J connectivity index is 0.00000205. The third-order valence-electron chi connectivity index (χ3n) is 6.98. The Kier molecular flexibility index (Phi) is 5.67. The smallest absolute Gasteiger partial charge is 0.273 e. The zero-order valence-corrected chi connectivity index (χ0v) is 17.1. The lowest BCUT2D eigenvalue weighted by Gasteiger charge is -2.42. The van der Waals surface area contributed by atoms with Gasteiger partial charge in [-0.1, -0.05) is 31.7 Å². The van der Waals surface area contributed by atoms with Crippen LogP contribution in [-0.2, 0) is 6.42 Å².